The van der Waals surface area contributed by atoms with Crippen LogP contribution in [0.5, 0.6) is 11.5 Å². The Labute approximate surface area is 74.1 Å². The lowest BCUT2D eigenvalue weighted by atomic mass is 10.2. The van der Waals surface area contributed by atoms with Crippen LogP contribution >= 0.6 is 11.6 Å². The first kappa shape index (κ1) is 7.26. The molecule has 1 unspecified atom stereocenters. The Hall–Kier alpha value is -1.40. The van der Waals surface area contributed by atoms with Gasteiger partial charge in [0.25, 0.3) is 0 Å². The molecule has 0 aliphatic carbocycles. The Morgan fingerprint density at radius 2 is 2.08 bits per heavy atom. The summed E-state index contributed by atoms with van der Waals surface area (Å²) in [6.45, 7) is 0. The quantitative estimate of drug-likeness (QED) is 0.574. The van der Waals surface area contributed by atoms with Crippen molar-refractivity contribution in [2.45, 2.75) is 5.75 Å². The van der Waals surface area contributed by atoms with Gasteiger partial charge < -0.3 is 9.47 Å². The van der Waals surface area contributed by atoms with Crippen LogP contribution in [0.15, 0.2) is 18.2 Å². The first-order chi connectivity index (χ1) is 5.79. The fourth-order valence-electron chi connectivity index (χ4n) is 0.991. The van der Waals surface area contributed by atoms with E-state index in [-0.39, 0.29) is 0 Å². The summed E-state index contributed by atoms with van der Waals surface area (Å²) in [7, 11) is 0. The van der Waals surface area contributed by atoms with E-state index in [1.165, 1.54) is 0 Å². The number of fused-ring (bicyclic) bond motifs is 1. The number of rotatable bonds is 0. The largest absolute Gasteiger partial charge is 0.438 e. The van der Waals surface area contributed by atoms with Gasteiger partial charge in [-0.05, 0) is 23.7 Å². The van der Waals surface area contributed by atoms with E-state index in [1.54, 1.807) is 18.2 Å². The van der Waals surface area contributed by atoms with E-state index < -0.39 is 5.75 Å². The van der Waals surface area contributed by atoms with Crippen molar-refractivity contribution in [2.24, 2.45) is 0 Å². The average Bonchev–Trinajstić information content (AvgIpc) is 2.43. The van der Waals surface area contributed by atoms with Crippen molar-refractivity contribution < 1.29 is 9.47 Å². The highest BCUT2D eigenvalue weighted by molar-refractivity contribution is 6.19. The van der Waals surface area contributed by atoms with Gasteiger partial charge in [-0.2, -0.15) is 5.26 Å². The van der Waals surface area contributed by atoms with Gasteiger partial charge in [0.2, 0.25) is 0 Å². The lowest BCUT2D eigenvalue weighted by molar-refractivity contribution is 0.128. The highest BCUT2D eigenvalue weighted by Gasteiger charge is 2.21. The van der Waals surface area contributed by atoms with Crippen LogP contribution in [0.25, 0.3) is 0 Å². The Bertz CT molecular complexity index is 359. The number of alkyl halides is 1. The molecule has 0 fully saturated rings. The molecule has 0 saturated heterocycles. The second-order valence-electron chi connectivity index (χ2n) is 2.28. The van der Waals surface area contributed by atoms with Crippen molar-refractivity contribution in [3.8, 4) is 17.6 Å². The molecule has 1 aliphatic rings. The third-order valence-electron chi connectivity index (χ3n) is 1.51. The van der Waals surface area contributed by atoms with Crippen LogP contribution in [0.4, 0.5) is 0 Å². The third kappa shape index (κ3) is 1.06. The van der Waals surface area contributed by atoms with Gasteiger partial charge in [-0.3, -0.25) is 0 Å². The minimum Gasteiger partial charge on any atom is -0.438 e. The highest BCUT2D eigenvalue weighted by Crippen LogP contribution is 2.35. The van der Waals surface area contributed by atoms with Crippen LogP contribution in [0.3, 0.4) is 0 Å². The third-order valence-corrected chi connectivity index (χ3v) is 1.69. The van der Waals surface area contributed by atoms with Crippen molar-refractivity contribution in [2.75, 3.05) is 0 Å². The zero-order valence-corrected chi connectivity index (χ0v) is 6.71. The van der Waals surface area contributed by atoms with Crippen LogP contribution in [-0.2, 0) is 0 Å². The zero-order chi connectivity index (χ0) is 8.55. The average molecular weight is 182 g/mol. The zero-order valence-electron chi connectivity index (χ0n) is 5.95. The summed E-state index contributed by atoms with van der Waals surface area (Å²) >= 11 is 5.55. The molecule has 0 saturated carbocycles. The Morgan fingerprint density at radius 1 is 1.33 bits per heavy atom. The Balaban J connectivity index is 2.44. The summed E-state index contributed by atoms with van der Waals surface area (Å²) < 4.78 is 10.1. The first-order valence-corrected chi connectivity index (χ1v) is 3.75. The molecular formula is C8H4ClNO2. The van der Waals surface area contributed by atoms with Crippen molar-refractivity contribution in [3.05, 3.63) is 23.8 Å². The first-order valence-electron chi connectivity index (χ1n) is 3.31. The SMILES string of the molecule is N#Cc1ccc2c(c1)OC(Cl)O2. The van der Waals surface area contributed by atoms with E-state index >= 15 is 0 Å². The number of ether oxygens (including phenoxy) is 2. The lowest BCUT2D eigenvalue weighted by Gasteiger charge is -1.96. The second-order valence-corrected chi connectivity index (χ2v) is 2.64. The molecule has 0 N–H and O–H groups in total. The number of nitriles is 1. The number of halogens is 1. The molecule has 1 aromatic rings. The summed E-state index contributed by atoms with van der Waals surface area (Å²) in [6.07, 6.45) is 0. The second kappa shape index (κ2) is 2.58. The number of nitrogens with zero attached hydrogens (tertiary/aromatic N) is 1. The molecule has 0 amide bonds. The van der Waals surface area contributed by atoms with E-state index in [4.69, 9.17) is 26.3 Å². The predicted octanol–water partition coefficient (Wildman–Crippen LogP) is 1.85. The summed E-state index contributed by atoms with van der Waals surface area (Å²) in [5.74, 6) is 0.331. The number of benzene rings is 1. The Morgan fingerprint density at radius 3 is 2.83 bits per heavy atom. The van der Waals surface area contributed by atoms with Gasteiger partial charge in [-0.15, -0.1) is 0 Å². The molecule has 1 atom stereocenters. The summed E-state index contributed by atoms with van der Waals surface area (Å²) in [5, 5.41) is 8.56. The molecule has 3 nitrogen and oxygen atoms in total. The smallest absolute Gasteiger partial charge is 0.322 e. The molecule has 0 spiro atoms. The molecule has 60 valence electrons. The van der Waals surface area contributed by atoms with Crippen LogP contribution in [-0.4, -0.2) is 5.75 Å². The van der Waals surface area contributed by atoms with Crippen LogP contribution in [0.2, 0.25) is 0 Å². The predicted molar refractivity (Wildman–Crippen MR) is 42.1 cm³/mol. The minimum atomic E-state index is -0.769. The summed E-state index contributed by atoms with van der Waals surface area (Å²) in [5.41, 5.74) is 0.531. The summed E-state index contributed by atoms with van der Waals surface area (Å²) in [6, 6.07) is 6.90. The highest BCUT2D eigenvalue weighted by atomic mass is 35.5. The fraction of sp³-hybridized carbons (Fsp3) is 0.125. The number of hydrogen-bond acceptors (Lipinski definition) is 3. The van der Waals surface area contributed by atoms with Gasteiger partial charge in [0.05, 0.1) is 11.6 Å². The monoisotopic (exact) mass is 181 g/mol. The normalized spacial score (nSPS) is 18.8. The minimum absolute atomic E-state index is 0.522. The fourth-order valence-corrected chi connectivity index (χ4v) is 1.18. The molecule has 4 heteroatoms. The van der Waals surface area contributed by atoms with E-state index in [9.17, 15) is 0 Å². The van der Waals surface area contributed by atoms with E-state index in [0.717, 1.165) is 0 Å². The number of hydrogen-bond donors (Lipinski definition) is 0. The summed E-state index contributed by atoms with van der Waals surface area (Å²) in [4.78, 5) is 0. The molecule has 0 aromatic heterocycles. The lowest BCUT2D eigenvalue weighted by Crippen LogP contribution is -2.07. The van der Waals surface area contributed by atoms with Gasteiger partial charge in [0.15, 0.2) is 11.5 Å². The Kier molecular flexibility index (Phi) is 1.56. The maximum absolute atomic E-state index is 8.56. The standard InChI is InChI=1S/C8H4ClNO2/c9-8-11-6-2-1-5(4-10)3-7(6)12-8/h1-3,8H. The molecule has 1 aliphatic heterocycles. The maximum Gasteiger partial charge on any atom is 0.322 e. The van der Waals surface area contributed by atoms with E-state index in [1.807, 2.05) is 6.07 Å². The van der Waals surface area contributed by atoms with Crippen LogP contribution in [0, 0.1) is 11.3 Å². The molecule has 1 heterocycles. The van der Waals surface area contributed by atoms with Crippen molar-refractivity contribution in [1.82, 2.24) is 0 Å². The maximum atomic E-state index is 8.56. The van der Waals surface area contributed by atoms with Crippen molar-refractivity contribution in [3.63, 3.8) is 0 Å². The molecule has 0 bridgehead atoms. The van der Waals surface area contributed by atoms with Crippen LogP contribution < -0.4 is 9.47 Å². The molecule has 2 rings (SSSR count). The van der Waals surface area contributed by atoms with Crippen molar-refractivity contribution >= 4 is 11.6 Å². The molecule has 12 heavy (non-hydrogen) atoms. The van der Waals surface area contributed by atoms with Gasteiger partial charge >= 0.3 is 5.75 Å². The van der Waals surface area contributed by atoms with E-state index in [2.05, 4.69) is 0 Å². The van der Waals surface area contributed by atoms with Gasteiger partial charge in [-0.1, -0.05) is 0 Å². The van der Waals surface area contributed by atoms with Crippen LogP contribution in [0.1, 0.15) is 5.56 Å². The van der Waals surface area contributed by atoms with Crippen molar-refractivity contribution in [1.29, 1.82) is 5.26 Å². The molecule has 1 aromatic carbocycles. The van der Waals surface area contributed by atoms with Gasteiger partial charge in [-0.25, -0.2) is 0 Å². The van der Waals surface area contributed by atoms with Gasteiger partial charge in [0, 0.05) is 6.07 Å². The molecule has 0 radical (unpaired) electrons. The van der Waals surface area contributed by atoms with E-state index in [0.29, 0.717) is 17.1 Å². The van der Waals surface area contributed by atoms with Gasteiger partial charge in [0.1, 0.15) is 0 Å². The topological polar surface area (TPSA) is 42.2 Å². The molecular weight excluding hydrogens is 178 g/mol.